The van der Waals surface area contributed by atoms with Gasteiger partial charge in [-0.1, -0.05) is 6.07 Å². The van der Waals surface area contributed by atoms with Crippen molar-refractivity contribution in [3.8, 4) is 22.9 Å². The van der Waals surface area contributed by atoms with E-state index in [4.69, 9.17) is 19.9 Å². The van der Waals surface area contributed by atoms with Crippen LogP contribution in [-0.2, 0) is 4.74 Å². The fraction of sp³-hybridized carbons (Fsp3) is 0.467. The van der Waals surface area contributed by atoms with Crippen LogP contribution >= 0.6 is 33.9 Å². The van der Waals surface area contributed by atoms with Gasteiger partial charge in [0.05, 0.1) is 50.0 Å². The molecule has 2 aromatic carbocycles. The zero-order valence-corrected chi connectivity index (χ0v) is 26.6. The average Bonchev–Trinajstić information content (AvgIpc) is 3.76. The molecule has 8 nitrogen and oxygen atoms in total. The van der Waals surface area contributed by atoms with E-state index in [9.17, 15) is 17.6 Å². The fourth-order valence-corrected chi connectivity index (χ4v) is 9.22. The minimum atomic E-state index is -2.74. The van der Waals surface area contributed by atoms with Gasteiger partial charge in [-0.15, -0.1) is 11.3 Å². The summed E-state index contributed by atoms with van der Waals surface area (Å²) in [4.78, 5) is 12.6. The van der Waals surface area contributed by atoms with Crippen molar-refractivity contribution in [2.24, 2.45) is 0 Å². The van der Waals surface area contributed by atoms with E-state index in [0.29, 0.717) is 32.5 Å². The second-order valence-corrected chi connectivity index (χ2v) is 14.2. The van der Waals surface area contributed by atoms with Gasteiger partial charge in [-0.05, 0) is 59.7 Å². The number of halogens is 6. The summed E-state index contributed by atoms with van der Waals surface area (Å²) < 4.78 is 93.3. The average molecular weight is 760 g/mol. The van der Waals surface area contributed by atoms with Crippen molar-refractivity contribution in [3.63, 3.8) is 0 Å². The molecule has 45 heavy (non-hydrogen) atoms. The predicted octanol–water partition coefficient (Wildman–Crippen LogP) is 6.16. The maximum absolute atomic E-state index is 17.0. The number of hydrogen-bond donors (Lipinski definition) is 1. The van der Waals surface area contributed by atoms with Crippen LogP contribution in [0.25, 0.3) is 32.1 Å². The van der Waals surface area contributed by atoms with Crippen LogP contribution in [-0.4, -0.2) is 84.6 Å². The number of fused-ring (bicyclic) bond motifs is 3. The smallest absolute Gasteiger partial charge is 0.319 e. The Hall–Kier alpha value is -2.76. The van der Waals surface area contributed by atoms with Crippen molar-refractivity contribution < 1.29 is 36.2 Å². The molecule has 3 fully saturated rings. The monoisotopic (exact) mass is 759 g/mol. The molecule has 4 aliphatic rings. The Bertz CT molecular complexity index is 1850. The van der Waals surface area contributed by atoms with Crippen LogP contribution in [0.4, 0.5) is 32.8 Å². The zero-order chi connectivity index (χ0) is 31.2. The minimum Gasteiger partial charge on any atom is -0.484 e. The Morgan fingerprint density at radius 1 is 1.22 bits per heavy atom. The Morgan fingerprint density at radius 2 is 2.07 bits per heavy atom. The molecule has 2 aromatic heterocycles. The van der Waals surface area contributed by atoms with E-state index in [1.54, 1.807) is 6.07 Å². The second kappa shape index (κ2) is 10.9. The molecule has 4 aromatic rings. The van der Waals surface area contributed by atoms with Gasteiger partial charge < -0.3 is 24.8 Å². The lowest BCUT2D eigenvalue weighted by Crippen LogP contribution is -2.47. The number of benzene rings is 2. The SMILES string of the molecule is Nc1cc2c(-c3c(I)c4c5c(nc(OCC67CCCN6C[C@H](F)C7)nc5c3F)N(CC(F)F)C3COCC3O4)ccc(F)c2s1. The third-order valence-electron chi connectivity index (χ3n) is 9.37. The number of anilines is 2. The van der Waals surface area contributed by atoms with Crippen LogP contribution in [0.2, 0.25) is 0 Å². The Kier molecular flexibility index (Phi) is 7.18. The van der Waals surface area contributed by atoms with Gasteiger partial charge in [-0.2, -0.15) is 9.97 Å². The fourth-order valence-electron chi connectivity index (χ4n) is 7.44. The highest BCUT2D eigenvalue weighted by atomic mass is 127. The molecule has 0 saturated carbocycles. The standard InChI is InChI=1S/C30H27F5IN5O3S/c31-13-7-30(4-1-5-40(30)8-13)12-43-29-38-25-22-26(44-18-11-42-10-17(18)41(9-19(33)34)28(22)39-29)24(36)21(23(25)35)14-2-3-16(32)27-15(14)6-20(37)45-27/h2-3,6,13,17-19H,1,4-5,7-12,37H2/t13-,17?,18?,30?/m1/s1. The van der Waals surface area contributed by atoms with E-state index in [1.807, 2.05) is 22.6 Å². The minimum absolute atomic E-state index is 0.0475. The summed E-state index contributed by atoms with van der Waals surface area (Å²) in [6, 6.07) is 3.47. The number of hydrogen-bond acceptors (Lipinski definition) is 9. The molecule has 2 N–H and O–H groups in total. The number of nitrogens with zero attached hydrogens (tertiary/aromatic N) is 4. The van der Waals surface area contributed by atoms with Gasteiger partial charge in [0.15, 0.2) is 5.82 Å². The number of nitrogens with two attached hydrogens (primary N) is 1. The lowest BCUT2D eigenvalue weighted by atomic mass is 9.95. The third kappa shape index (κ3) is 4.70. The quantitative estimate of drug-likeness (QED) is 0.185. The molecule has 238 valence electrons. The summed E-state index contributed by atoms with van der Waals surface area (Å²) in [6.07, 6.45) is -2.48. The molecular formula is C30H27F5IN5O3S. The molecule has 0 radical (unpaired) electrons. The molecular weight excluding hydrogens is 732 g/mol. The van der Waals surface area contributed by atoms with Gasteiger partial charge in [0.2, 0.25) is 0 Å². The van der Waals surface area contributed by atoms with Crippen molar-refractivity contribution in [1.29, 1.82) is 0 Å². The number of rotatable bonds is 6. The molecule has 3 saturated heterocycles. The lowest BCUT2D eigenvalue weighted by Gasteiger charge is -2.32. The number of alkyl halides is 3. The van der Waals surface area contributed by atoms with E-state index >= 15 is 4.39 Å². The first-order chi connectivity index (χ1) is 21.6. The molecule has 0 amide bonds. The molecule has 0 aliphatic carbocycles. The van der Waals surface area contributed by atoms with Gasteiger partial charge in [0.1, 0.15) is 41.8 Å². The summed E-state index contributed by atoms with van der Waals surface area (Å²) in [5.41, 5.74) is 5.78. The van der Waals surface area contributed by atoms with E-state index in [-0.39, 0.29) is 58.6 Å². The molecule has 4 aliphatic heterocycles. The number of nitrogen functional groups attached to an aromatic ring is 1. The van der Waals surface area contributed by atoms with Crippen molar-refractivity contribution in [3.05, 3.63) is 33.4 Å². The number of thiophene rings is 1. The third-order valence-corrected chi connectivity index (χ3v) is 11.4. The van der Waals surface area contributed by atoms with Crippen LogP contribution in [0, 0.1) is 15.2 Å². The Balaban J connectivity index is 1.35. The van der Waals surface area contributed by atoms with Crippen molar-refractivity contribution in [2.45, 2.75) is 49.5 Å². The molecule has 8 rings (SSSR count). The van der Waals surface area contributed by atoms with Gasteiger partial charge >= 0.3 is 6.01 Å². The second-order valence-electron chi connectivity index (χ2n) is 12.0. The van der Waals surface area contributed by atoms with Crippen LogP contribution in [0.3, 0.4) is 0 Å². The van der Waals surface area contributed by atoms with Crippen LogP contribution in [0.1, 0.15) is 19.3 Å². The maximum Gasteiger partial charge on any atom is 0.319 e. The van der Waals surface area contributed by atoms with E-state index < -0.39 is 48.5 Å². The summed E-state index contributed by atoms with van der Waals surface area (Å²) in [5.74, 6) is -0.986. The molecule has 4 atom stereocenters. The highest BCUT2D eigenvalue weighted by Gasteiger charge is 2.50. The van der Waals surface area contributed by atoms with Crippen LogP contribution in [0.15, 0.2) is 18.2 Å². The summed E-state index contributed by atoms with van der Waals surface area (Å²) in [6.45, 7) is 0.653. The Morgan fingerprint density at radius 3 is 2.89 bits per heavy atom. The predicted molar refractivity (Wildman–Crippen MR) is 168 cm³/mol. The number of aromatic nitrogens is 2. The first-order valence-electron chi connectivity index (χ1n) is 14.7. The first-order valence-corrected chi connectivity index (χ1v) is 16.5. The van der Waals surface area contributed by atoms with Crippen LogP contribution in [0.5, 0.6) is 11.8 Å². The van der Waals surface area contributed by atoms with Gasteiger partial charge in [0.25, 0.3) is 6.43 Å². The van der Waals surface area contributed by atoms with Gasteiger partial charge in [0, 0.05) is 23.9 Å². The summed E-state index contributed by atoms with van der Waals surface area (Å²) in [7, 11) is 0. The van der Waals surface area contributed by atoms with E-state index in [0.717, 1.165) is 30.7 Å². The molecule has 3 unspecified atom stereocenters. The highest BCUT2D eigenvalue weighted by molar-refractivity contribution is 14.1. The normalized spacial score (nSPS) is 26.1. The first kappa shape index (κ1) is 29.6. The molecule has 15 heteroatoms. The molecule has 0 bridgehead atoms. The van der Waals surface area contributed by atoms with Gasteiger partial charge in [-0.25, -0.2) is 22.0 Å². The van der Waals surface area contributed by atoms with Crippen molar-refractivity contribution >= 4 is 65.7 Å². The van der Waals surface area contributed by atoms with E-state index in [1.165, 1.54) is 17.0 Å². The largest absolute Gasteiger partial charge is 0.484 e. The lowest BCUT2D eigenvalue weighted by molar-refractivity contribution is 0.107. The van der Waals surface area contributed by atoms with Crippen LogP contribution < -0.4 is 20.1 Å². The topological polar surface area (TPSA) is 86.0 Å². The highest BCUT2D eigenvalue weighted by Crippen LogP contribution is 2.50. The summed E-state index contributed by atoms with van der Waals surface area (Å²) in [5, 5.41) is 0.916. The van der Waals surface area contributed by atoms with Crippen molar-refractivity contribution in [1.82, 2.24) is 14.9 Å². The van der Waals surface area contributed by atoms with Crippen molar-refractivity contribution in [2.75, 3.05) is 50.1 Å². The van der Waals surface area contributed by atoms with Gasteiger partial charge in [-0.3, -0.25) is 4.90 Å². The zero-order valence-electron chi connectivity index (χ0n) is 23.7. The maximum atomic E-state index is 17.0. The molecule has 6 heterocycles. The molecule has 0 spiro atoms. The summed E-state index contributed by atoms with van der Waals surface area (Å²) >= 11 is 3.02. The Labute approximate surface area is 271 Å². The number of ether oxygens (including phenoxy) is 3. The van der Waals surface area contributed by atoms with E-state index in [2.05, 4.69) is 14.9 Å².